The zero-order valence-electron chi connectivity index (χ0n) is 8.97. The van der Waals surface area contributed by atoms with Gasteiger partial charge in [-0.2, -0.15) is 4.52 Å². The fraction of sp³-hybridized carbons (Fsp3) is 0.333. The van der Waals surface area contributed by atoms with Crippen molar-refractivity contribution in [2.75, 3.05) is 5.75 Å². The normalized spacial score (nSPS) is 10.9. The highest BCUT2D eigenvalue weighted by atomic mass is 32.2. The highest BCUT2D eigenvalue weighted by Crippen LogP contribution is 2.14. The predicted molar refractivity (Wildman–Crippen MR) is 60.2 cm³/mol. The molecule has 0 bridgehead atoms. The Bertz CT molecular complexity index is 550. The van der Waals surface area contributed by atoms with Crippen molar-refractivity contribution in [2.45, 2.75) is 19.0 Å². The summed E-state index contributed by atoms with van der Waals surface area (Å²) in [6.45, 7) is 3.76. The van der Waals surface area contributed by atoms with Gasteiger partial charge in [0.05, 0.1) is 5.75 Å². The number of fused-ring (bicyclic) bond motifs is 1. The minimum absolute atomic E-state index is 0.183. The van der Waals surface area contributed by atoms with E-state index in [4.69, 9.17) is 5.73 Å². The summed E-state index contributed by atoms with van der Waals surface area (Å²) in [5, 5.41) is 4.76. The molecule has 0 aliphatic rings. The molecule has 0 saturated heterocycles. The Morgan fingerprint density at radius 1 is 1.50 bits per heavy atom. The monoisotopic (exact) mass is 237 g/mol. The van der Waals surface area contributed by atoms with E-state index >= 15 is 0 Å². The number of carbonyl (C=O) groups is 1. The lowest BCUT2D eigenvalue weighted by Crippen LogP contribution is -2.13. The number of hydrogen-bond acceptors (Lipinski definition) is 5. The molecule has 7 heteroatoms. The van der Waals surface area contributed by atoms with Crippen LogP contribution in [0.4, 0.5) is 0 Å². The van der Waals surface area contributed by atoms with Gasteiger partial charge in [-0.15, -0.1) is 5.10 Å². The van der Waals surface area contributed by atoms with Crippen molar-refractivity contribution in [3.05, 3.63) is 17.6 Å². The van der Waals surface area contributed by atoms with Crippen molar-refractivity contribution in [3.8, 4) is 0 Å². The molecule has 2 aromatic rings. The smallest absolute Gasteiger partial charge is 0.227 e. The molecule has 0 aliphatic heterocycles. The first-order valence-corrected chi connectivity index (χ1v) is 5.67. The molecule has 2 rings (SSSR count). The second kappa shape index (κ2) is 4.09. The lowest BCUT2D eigenvalue weighted by molar-refractivity contribution is -0.115. The van der Waals surface area contributed by atoms with Crippen molar-refractivity contribution in [2.24, 2.45) is 5.73 Å². The number of amides is 1. The van der Waals surface area contributed by atoms with E-state index in [1.165, 1.54) is 11.8 Å². The molecular weight excluding hydrogens is 226 g/mol. The summed E-state index contributed by atoms with van der Waals surface area (Å²) >= 11 is 1.22. The number of carbonyl (C=O) groups excluding carboxylic acids is 1. The molecule has 16 heavy (non-hydrogen) atoms. The van der Waals surface area contributed by atoms with E-state index in [2.05, 4.69) is 15.1 Å². The molecule has 0 saturated carbocycles. The topological polar surface area (TPSA) is 86.2 Å². The Kier molecular flexibility index (Phi) is 2.78. The van der Waals surface area contributed by atoms with E-state index in [0.29, 0.717) is 5.16 Å². The van der Waals surface area contributed by atoms with Crippen molar-refractivity contribution in [1.82, 2.24) is 19.6 Å². The second-order valence-electron chi connectivity index (χ2n) is 3.36. The third-order valence-corrected chi connectivity index (χ3v) is 2.80. The van der Waals surface area contributed by atoms with Crippen molar-refractivity contribution in [3.63, 3.8) is 0 Å². The largest absolute Gasteiger partial charge is 0.369 e. The molecule has 0 unspecified atom stereocenters. The van der Waals surface area contributed by atoms with Gasteiger partial charge in [-0.1, -0.05) is 11.8 Å². The Morgan fingerprint density at radius 2 is 2.25 bits per heavy atom. The van der Waals surface area contributed by atoms with E-state index in [0.717, 1.165) is 17.2 Å². The molecule has 0 aromatic carbocycles. The Labute approximate surface area is 96.3 Å². The quantitative estimate of drug-likeness (QED) is 0.777. The summed E-state index contributed by atoms with van der Waals surface area (Å²) in [6.07, 6.45) is 0. The molecule has 0 fully saturated rings. The highest BCUT2D eigenvalue weighted by Gasteiger charge is 2.08. The molecule has 6 nitrogen and oxygen atoms in total. The van der Waals surface area contributed by atoms with Gasteiger partial charge in [-0.25, -0.2) is 9.97 Å². The molecule has 0 atom stereocenters. The Balaban J connectivity index is 2.36. The van der Waals surface area contributed by atoms with E-state index in [1.807, 2.05) is 19.9 Å². The van der Waals surface area contributed by atoms with E-state index < -0.39 is 0 Å². The molecule has 84 valence electrons. The average Bonchev–Trinajstić information content (AvgIpc) is 2.57. The van der Waals surface area contributed by atoms with E-state index in [1.54, 1.807) is 4.52 Å². The van der Waals surface area contributed by atoms with Crippen molar-refractivity contribution in [1.29, 1.82) is 0 Å². The van der Waals surface area contributed by atoms with Crippen molar-refractivity contribution < 1.29 is 4.79 Å². The van der Waals surface area contributed by atoms with E-state index in [-0.39, 0.29) is 11.7 Å². The summed E-state index contributed by atoms with van der Waals surface area (Å²) in [6, 6.07) is 1.84. The van der Waals surface area contributed by atoms with Crippen LogP contribution in [0, 0.1) is 13.8 Å². The van der Waals surface area contributed by atoms with Gasteiger partial charge in [0.25, 0.3) is 0 Å². The van der Waals surface area contributed by atoms with Gasteiger partial charge in [0.2, 0.25) is 11.1 Å². The van der Waals surface area contributed by atoms with Crippen LogP contribution in [0.1, 0.15) is 11.5 Å². The van der Waals surface area contributed by atoms with Crippen LogP contribution in [0.25, 0.3) is 5.65 Å². The summed E-state index contributed by atoms with van der Waals surface area (Å²) in [4.78, 5) is 19.2. The van der Waals surface area contributed by atoms with Crippen LogP contribution >= 0.6 is 11.8 Å². The summed E-state index contributed by atoms with van der Waals surface area (Å²) in [5.41, 5.74) is 6.68. The number of nitrogens with two attached hydrogens (primary N) is 1. The first-order chi connectivity index (χ1) is 7.56. The Morgan fingerprint density at radius 3 is 2.94 bits per heavy atom. The Hall–Kier alpha value is -1.63. The van der Waals surface area contributed by atoms with Crippen LogP contribution in [-0.4, -0.2) is 31.2 Å². The minimum atomic E-state index is -0.380. The lowest BCUT2D eigenvalue weighted by Gasteiger charge is -1.97. The van der Waals surface area contributed by atoms with Gasteiger partial charge >= 0.3 is 0 Å². The average molecular weight is 237 g/mol. The minimum Gasteiger partial charge on any atom is -0.369 e. The second-order valence-corrected chi connectivity index (χ2v) is 4.31. The third-order valence-electron chi connectivity index (χ3n) is 1.94. The predicted octanol–water partition coefficient (Wildman–Crippen LogP) is 0.319. The van der Waals surface area contributed by atoms with Gasteiger partial charge in [0.15, 0.2) is 5.65 Å². The fourth-order valence-corrected chi connectivity index (χ4v) is 1.92. The summed E-state index contributed by atoms with van der Waals surface area (Å²) in [5.74, 6) is 0.575. The van der Waals surface area contributed by atoms with Crippen LogP contribution in [0.15, 0.2) is 11.2 Å². The number of nitrogens with zero attached hydrogens (tertiary/aromatic N) is 4. The van der Waals surface area contributed by atoms with Gasteiger partial charge < -0.3 is 5.73 Å². The van der Waals surface area contributed by atoms with Gasteiger partial charge in [-0.3, -0.25) is 4.79 Å². The number of primary amides is 1. The van der Waals surface area contributed by atoms with Gasteiger partial charge in [0.1, 0.15) is 5.82 Å². The molecule has 2 N–H and O–H groups in total. The van der Waals surface area contributed by atoms with Gasteiger partial charge in [-0.05, 0) is 13.8 Å². The van der Waals surface area contributed by atoms with Crippen molar-refractivity contribution >= 4 is 23.3 Å². The van der Waals surface area contributed by atoms with E-state index in [9.17, 15) is 4.79 Å². The van der Waals surface area contributed by atoms with Crippen LogP contribution in [0.2, 0.25) is 0 Å². The standard InChI is InChI=1S/C9H11N5OS/c1-5-3-8-12-9(16-4-7(10)15)13-14(8)6(2)11-5/h3H,4H2,1-2H3,(H2,10,15). The van der Waals surface area contributed by atoms with Crippen LogP contribution in [0.3, 0.4) is 0 Å². The maximum Gasteiger partial charge on any atom is 0.227 e. The highest BCUT2D eigenvalue weighted by molar-refractivity contribution is 7.99. The number of rotatable bonds is 3. The summed E-state index contributed by atoms with van der Waals surface area (Å²) in [7, 11) is 0. The van der Waals surface area contributed by atoms with Crippen LogP contribution in [0.5, 0.6) is 0 Å². The molecule has 1 amide bonds. The summed E-state index contributed by atoms with van der Waals surface area (Å²) < 4.78 is 1.65. The number of aromatic nitrogens is 4. The lowest BCUT2D eigenvalue weighted by atomic mass is 10.4. The first-order valence-electron chi connectivity index (χ1n) is 4.68. The number of thioether (sulfide) groups is 1. The molecule has 0 radical (unpaired) electrons. The third kappa shape index (κ3) is 2.13. The molecule has 2 aromatic heterocycles. The zero-order chi connectivity index (χ0) is 11.7. The molecular formula is C9H11N5OS. The molecule has 0 aliphatic carbocycles. The maximum atomic E-state index is 10.6. The SMILES string of the molecule is Cc1cc2nc(SCC(N)=O)nn2c(C)n1. The maximum absolute atomic E-state index is 10.6. The van der Waals surface area contributed by atoms with Gasteiger partial charge in [0, 0.05) is 11.8 Å². The fourth-order valence-electron chi connectivity index (χ4n) is 1.35. The van der Waals surface area contributed by atoms with Crippen LogP contribution < -0.4 is 5.73 Å². The number of aryl methyl sites for hydroxylation is 2. The molecule has 0 spiro atoms. The zero-order valence-corrected chi connectivity index (χ0v) is 9.78. The molecule has 2 heterocycles. The first kappa shape index (κ1) is 10.9. The van der Waals surface area contributed by atoms with Crippen LogP contribution in [-0.2, 0) is 4.79 Å². The number of hydrogen-bond donors (Lipinski definition) is 1.